The summed E-state index contributed by atoms with van der Waals surface area (Å²) in [6.45, 7) is 4.99. The van der Waals surface area contributed by atoms with Gasteiger partial charge >= 0.3 is 5.69 Å². The van der Waals surface area contributed by atoms with Crippen LogP contribution < -0.4 is 10.2 Å². The first kappa shape index (κ1) is 15.5. The first-order valence-corrected chi connectivity index (χ1v) is 7.65. The normalized spacial score (nSPS) is 21.9. The zero-order valence-electron chi connectivity index (χ0n) is 13.0. The summed E-state index contributed by atoms with van der Waals surface area (Å²) < 4.78 is 0. The average Bonchev–Trinajstić information content (AvgIpc) is 2.47. The molecule has 0 amide bonds. The first-order valence-electron chi connectivity index (χ1n) is 7.65. The maximum Gasteiger partial charge on any atom is 0.311 e. The highest BCUT2D eigenvalue weighted by molar-refractivity contribution is 5.62. The Labute approximate surface area is 125 Å². The van der Waals surface area contributed by atoms with Crippen molar-refractivity contribution in [3.8, 4) is 0 Å². The number of nitrogens with zero attached hydrogens (tertiary/aromatic N) is 3. The second-order valence-corrected chi connectivity index (χ2v) is 5.85. The molecule has 0 saturated heterocycles. The molecule has 0 radical (unpaired) electrons. The van der Waals surface area contributed by atoms with Gasteiger partial charge in [-0.15, -0.1) is 0 Å². The van der Waals surface area contributed by atoms with Gasteiger partial charge in [0.25, 0.3) is 0 Å². The lowest BCUT2D eigenvalue weighted by molar-refractivity contribution is -0.384. The Balaban J connectivity index is 2.26. The quantitative estimate of drug-likeness (QED) is 0.665. The van der Waals surface area contributed by atoms with Crippen molar-refractivity contribution in [2.24, 2.45) is 5.92 Å². The Morgan fingerprint density at radius 3 is 2.62 bits per heavy atom. The van der Waals surface area contributed by atoms with Crippen molar-refractivity contribution in [3.05, 3.63) is 22.2 Å². The van der Waals surface area contributed by atoms with Crippen molar-refractivity contribution < 1.29 is 4.92 Å². The first-order chi connectivity index (χ1) is 10.0. The van der Waals surface area contributed by atoms with E-state index in [1.165, 1.54) is 12.8 Å². The minimum atomic E-state index is -0.347. The minimum Gasteiger partial charge on any atom is -0.370 e. The minimum absolute atomic E-state index is 0.0813. The molecule has 6 nitrogen and oxygen atoms in total. The highest BCUT2D eigenvalue weighted by Crippen LogP contribution is 2.33. The van der Waals surface area contributed by atoms with Gasteiger partial charge in [0.05, 0.1) is 4.92 Å². The van der Waals surface area contributed by atoms with Crippen LogP contribution in [0.25, 0.3) is 0 Å². The van der Waals surface area contributed by atoms with Crippen LogP contribution in [0.4, 0.5) is 17.3 Å². The molecule has 1 N–H and O–H groups in total. The summed E-state index contributed by atoms with van der Waals surface area (Å²) in [6.07, 6.45) is 4.50. The van der Waals surface area contributed by atoms with Gasteiger partial charge in [0.15, 0.2) is 0 Å². The summed E-state index contributed by atoms with van der Waals surface area (Å²) in [5.41, 5.74) is 0.0813. The molecule has 6 heteroatoms. The number of aromatic nitrogens is 1. The number of nitro groups is 1. The average molecular weight is 292 g/mol. The number of anilines is 2. The van der Waals surface area contributed by atoms with Crippen LogP contribution in [0.2, 0.25) is 0 Å². The van der Waals surface area contributed by atoms with E-state index in [1.807, 2.05) is 18.9 Å². The van der Waals surface area contributed by atoms with E-state index in [-0.39, 0.29) is 10.6 Å². The highest BCUT2D eigenvalue weighted by atomic mass is 16.6. The fraction of sp³-hybridized carbons (Fsp3) is 0.667. The Bertz CT molecular complexity index is 498. The predicted molar refractivity (Wildman–Crippen MR) is 84.9 cm³/mol. The maximum atomic E-state index is 11.2. The van der Waals surface area contributed by atoms with Gasteiger partial charge in [-0.25, -0.2) is 4.98 Å². The summed E-state index contributed by atoms with van der Waals surface area (Å²) in [5.74, 6) is 1.91. The van der Waals surface area contributed by atoms with Crippen LogP contribution in [0.3, 0.4) is 0 Å². The number of hydrogen-bond donors (Lipinski definition) is 1. The van der Waals surface area contributed by atoms with E-state index in [4.69, 9.17) is 0 Å². The molecule has 1 aromatic heterocycles. The van der Waals surface area contributed by atoms with E-state index < -0.39 is 0 Å². The van der Waals surface area contributed by atoms with Crippen molar-refractivity contribution in [2.45, 2.75) is 45.6 Å². The van der Waals surface area contributed by atoms with Gasteiger partial charge in [-0.05, 0) is 44.6 Å². The second kappa shape index (κ2) is 6.74. The molecule has 1 fully saturated rings. The third-order valence-electron chi connectivity index (χ3n) is 4.28. The standard InChI is InChI=1S/C15H24N4O2/c1-4-16-14-10-9-13(19(20)21)15(17-14)18(3)12-7-5-11(2)6-8-12/h9-12H,4-8H2,1-3H3,(H,16,17). The monoisotopic (exact) mass is 292 g/mol. The molecule has 1 saturated carbocycles. The fourth-order valence-corrected chi connectivity index (χ4v) is 2.93. The van der Waals surface area contributed by atoms with E-state index in [0.717, 1.165) is 25.3 Å². The molecule has 21 heavy (non-hydrogen) atoms. The molecule has 2 rings (SSSR count). The third-order valence-corrected chi connectivity index (χ3v) is 4.28. The van der Waals surface area contributed by atoms with Gasteiger partial charge in [0.2, 0.25) is 5.82 Å². The van der Waals surface area contributed by atoms with Crippen molar-refractivity contribution in [1.82, 2.24) is 4.98 Å². The molecule has 0 bridgehead atoms. The molecule has 0 aliphatic heterocycles. The predicted octanol–water partition coefficient (Wildman–Crippen LogP) is 3.44. The number of hydrogen-bond acceptors (Lipinski definition) is 5. The number of rotatable bonds is 5. The number of nitrogens with one attached hydrogen (secondary N) is 1. The molecular weight excluding hydrogens is 268 g/mol. The van der Waals surface area contributed by atoms with E-state index in [0.29, 0.717) is 17.7 Å². The molecule has 1 aromatic rings. The SMILES string of the molecule is CCNc1ccc([N+](=O)[O-])c(N(C)C2CCC(C)CC2)n1. The highest BCUT2D eigenvalue weighted by Gasteiger charge is 2.27. The van der Waals surface area contributed by atoms with Crippen LogP contribution >= 0.6 is 0 Å². The maximum absolute atomic E-state index is 11.2. The molecule has 1 aliphatic carbocycles. The van der Waals surface area contributed by atoms with Crippen LogP contribution in [-0.2, 0) is 0 Å². The largest absolute Gasteiger partial charge is 0.370 e. The zero-order chi connectivity index (χ0) is 15.4. The second-order valence-electron chi connectivity index (χ2n) is 5.85. The number of pyridine rings is 1. The van der Waals surface area contributed by atoms with Crippen molar-refractivity contribution >= 4 is 17.3 Å². The summed E-state index contributed by atoms with van der Waals surface area (Å²) in [6, 6.07) is 3.55. The topological polar surface area (TPSA) is 71.3 Å². The van der Waals surface area contributed by atoms with E-state index in [2.05, 4.69) is 17.2 Å². The van der Waals surface area contributed by atoms with E-state index in [1.54, 1.807) is 12.1 Å². The lowest BCUT2D eigenvalue weighted by Crippen LogP contribution is -2.35. The van der Waals surface area contributed by atoms with Crippen molar-refractivity contribution in [1.29, 1.82) is 0 Å². The third kappa shape index (κ3) is 3.62. The molecular formula is C15H24N4O2. The summed E-state index contributed by atoms with van der Waals surface area (Å²) in [4.78, 5) is 17.3. The van der Waals surface area contributed by atoms with Crippen LogP contribution in [0, 0.1) is 16.0 Å². The van der Waals surface area contributed by atoms with Gasteiger partial charge in [0.1, 0.15) is 5.82 Å². The lowest BCUT2D eigenvalue weighted by atomic mass is 9.87. The van der Waals surface area contributed by atoms with Crippen LogP contribution in [0.5, 0.6) is 0 Å². The van der Waals surface area contributed by atoms with E-state index in [9.17, 15) is 10.1 Å². The van der Waals surface area contributed by atoms with Gasteiger partial charge in [-0.2, -0.15) is 0 Å². The molecule has 0 unspecified atom stereocenters. The Morgan fingerprint density at radius 1 is 1.38 bits per heavy atom. The zero-order valence-corrected chi connectivity index (χ0v) is 13.0. The Kier molecular flexibility index (Phi) is 4.98. The van der Waals surface area contributed by atoms with Crippen LogP contribution in [0.15, 0.2) is 12.1 Å². The molecule has 1 aliphatic rings. The van der Waals surface area contributed by atoms with Gasteiger partial charge in [-0.1, -0.05) is 6.92 Å². The smallest absolute Gasteiger partial charge is 0.311 e. The molecule has 1 heterocycles. The van der Waals surface area contributed by atoms with Gasteiger partial charge in [-0.3, -0.25) is 10.1 Å². The summed E-state index contributed by atoms with van der Waals surface area (Å²) in [5, 5.41) is 14.4. The molecule has 0 aromatic carbocycles. The molecule has 0 atom stereocenters. The summed E-state index contributed by atoms with van der Waals surface area (Å²) in [7, 11) is 1.92. The van der Waals surface area contributed by atoms with Gasteiger partial charge in [0, 0.05) is 25.7 Å². The Morgan fingerprint density at radius 2 is 2.05 bits per heavy atom. The van der Waals surface area contributed by atoms with Gasteiger partial charge < -0.3 is 10.2 Å². The van der Waals surface area contributed by atoms with E-state index >= 15 is 0 Å². The Hall–Kier alpha value is -1.85. The van der Waals surface area contributed by atoms with Crippen LogP contribution in [0.1, 0.15) is 39.5 Å². The summed E-state index contributed by atoms with van der Waals surface area (Å²) >= 11 is 0. The molecule has 0 spiro atoms. The van der Waals surface area contributed by atoms with Crippen molar-refractivity contribution in [3.63, 3.8) is 0 Å². The van der Waals surface area contributed by atoms with Crippen molar-refractivity contribution in [2.75, 3.05) is 23.8 Å². The lowest BCUT2D eigenvalue weighted by Gasteiger charge is -2.34. The van der Waals surface area contributed by atoms with Crippen LogP contribution in [-0.4, -0.2) is 29.5 Å². The fourth-order valence-electron chi connectivity index (χ4n) is 2.93. The molecule has 116 valence electrons.